The number of thioether (sulfide) groups is 1. The molecule has 178 valence electrons. The van der Waals surface area contributed by atoms with E-state index < -0.39 is 6.04 Å². The van der Waals surface area contributed by atoms with Gasteiger partial charge in [0.15, 0.2) is 0 Å². The fraction of sp³-hybridized carbons (Fsp3) is 0.462. The van der Waals surface area contributed by atoms with Crippen molar-refractivity contribution in [2.45, 2.75) is 62.4 Å². The molecule has 4 N–H and O–H groups in total. The highest BCUT2D eigenvalue weighted by atomic mass is 32.2. The number of amides is 2. The van der Waals surface area contributed by atoms with Crippen molar-refractivity contribution in [3.63, 3.8) is 0 Å². The van der Waals surface area contributed by atoms with Crippen LogP contribution in [0.3, 0.4) is 0 Å². The quantitative estimate of drug-likeness (QED) is 0.430. The van der Waals surface area contributed by atoms with Crippen LogP contribution in [-0.2, 0) is 22.6 Å². The zero-order valence-electron chi connectivity index (χ0n) is 19.6. The van der Waals surface area contributed by atoms with E-state index in [1.165, 1.54) is 0 Å². The van der Waals surface area contributed by atoms with Crippen molar-refractivity contribution in [2.24, 2.45) is 5.92 Å². The number of hydrogen-bond donors (Lipinski definition) is 4. The van der Waals surface area contributed by atoms with Gasteiger partial charge in [0, 0.05) is 23.9 Å². The minimum Gasteiger partial charge on any atom is -0.396 e. The van der Waals surface area contributed by atoms with E-state index >= 15 is 0 Å². The number of carbonyl (C=O) groups is 2. The zero-order valence-corrected chi connectivity index (χ0v) is 20.4. The Balaban J connectivity index is 1.75. The highest BCUT2D eigenvalue weighted by Gasteiger charge is 2.48. The molecule has 2 aromatic carbocycles. The average Bonchev–Trinajstić information content (AvgIpc) is 3.13. The second kappa shape index (κ2) is 11.7. The lowest BCUT2D eigenvalue weighted by atomic mass is 9.88. The molecule has 7 heteroatoms. The summed E-state index contributed by atoms with van der Waals surface area (Å²) in [4.78, 5) is 26.2. The van der Waals surface area contributed by atoms with Gasteiger partial charge in [0.25, 0.3) is 0 Å². The summed E-state index contributed by atoms with van der Waals surface area (Å²) < 4.78 is -0.198. The van der Waals surface area contributed by atoms with E-state index in [-0.39, 0.29) is 46.9 Å². The molecule has 1 aliphatic rings. The van der Waals surface area contributed by atoms with Gasteiger partial charge < -0.3 is 15.7 Å². The number of hydrogen-bond acceptors (Lipinski definition) is 5. The summed E-state index contributed by atoms with van der Waals surface area (Å²) in [6.45, 7) is 6.78. The van der Waals surface area contributed by atoms with E-state index in [4.69, 9.17) is 0 Å². The second-order valence-corrected chi connectivity index (χ2v) is 10.8. The average molecular weight is 470 g/mol. The van der Waals surface area contributed by atoms with Crippen LogP contribution in [0.25, 0.3) is 0 Å². The number of carbonyl (C=O) groups excluding carboxylic acids is 2. The largest absolute Gasteiger partial charge is 0.396 e. The van der Waals surface area contributed by atoms with Gasteiger partial charge in [0.1, 0.15) is 6.04 Å². The van der Waals surface area contributed by atoms with Crippen molar-refractivity contribution < 1.29 is 14.7 Å². The molecule has 0 aliphatic carbocycles. The third kappa shape index (κ3) is 6.82. The molecule has 0 bridgehead atoms. The van der Waals surface area contributed by atoms with E-state index in [0.29, 0.717) is 6.54 Å². The molecule has 1 fully saturated rings. The van der Waals surface area contributed by atoms with Crippen molar-refractivity contribution in [3.05, 3.63) is 71.8 Å². The first-order valence-electron chi connectivity index (χ1n) is 11.5. The molecule has 1 saturated heterocycles. The molecule has 0 spiro atoms. The predicted molar refractivity (Wildman–Crippen MR) is 134 cm³/mol. The van der Waals surface area contributed by atoms with Crippen LogP contribution in [-0.4, -0.2) is 45.7 Å². The molecule has 6 nitrogen and oxygen atoms in total. The molecule has 1 heterocycles. The Bertz CT molecular complexity index is 904. The Labute approximate surface area is 200 Å². The van der Waals surface area contributed by atoms with Crippen molar-refractivity contribution in [1.29, 1.82) is 0 Å². The van der Waals surface area contributed by atoms with Gasteiger partial charge in [-0.2, -0.15) is 0 Å². The lowest BCUT2D eigenvalue weighted by Crippen LogP contribution is -2.57. The Morgan fingerprint density at radius 1 is 1.06 bits per heavy atom. The molecule has 3 rings (SSSR count). The SMILES string of the molecule is CC[C@H](CO)[C@@H]1N[C@@H](C(NC(=O)Cc2ccccc2)C(=O)NCc2ccccc2)SC1(C)C. The van der Waals surface area contributed by atoms with Gasteiger partial charge in [-0.05, 0) is 37.3 Å². The van der Waals surface area contributed by atoms with Crippen molar-refractivity contribution in [1.82, 2.24) is 16.0 Å². The summed E-state index contributed by atoms with van der Waals surface area (Å²) in [5, 5.41) is 19.1. The maximum absolute atomic E-state index is 13.3. The topological polar surface area (TPSA) is 90.5 Å². The molecule has 2 aromatic rings. The lowest BCUT2D eigenvalue weighted by Gasteiger charge is -2.31. The highest BCUT2D eigenvalue weighted by Crippen LogP contribution is 2.42. The number of benzene rings is 2. The van der Waals surface area contributed by atoms with Crippen LogP contribution < -0.4 is 16.0 Å². The standard InChI is InChI=1S/C26H35N3O3S/c1-4-20(17-30)23-26(2,3)33-25(29-23)22(24(32)27-16-19-13-9-6-10-14-19)28-21(31)15-18-11-7-5-8-12-18/h5-14,20,22-23,25,29-30H,4,15-17H2,1-3H3,(H,27,32)(H,28,31)/t20-,22?,23+,25-/m1/s1. The van der Waals surface area contributed by atoms with Crippen molar-refractivity contribution >= 4 is 23.6 Å². The first-order valence-corrected chi connectivity index (χ1v) is 12.4. The van der Waals surface area contributed by atoms with Crippen LogP contribution in [0.2, 0.25) is 0 Å². The number of nitrogens with one attached hydrogen (secondary N) is 3. The fourth-order valence-corrected chi connectivity index (χ4v) is 5.93. The Morgan fingerprint density at radius 2 is 1.67 bits per heavy atom. The van der Waals surface area contributed by atoms with Gasteiger partial charge in [-0.15, -0.1) is 11.8 Å². The van der Waals surface area contributed by atoms with Crippen molar-refractivity contribution in [3.8, 4) is 0 Å². The smallest absolute Gasteiger partial charge is 0.245 e. The Morgan fingerprint density at radius 3 is 2.24 bits per heavy atom. The monoisotopic (exact) mass is 469 g/mol. The maximum Gasteiger partial charge on any atom is 0.245 e. The summed E-state index contributed by atoms with van der Waals surface area (Å²) >= 11 is 1.64. The molecule has 0 aromatic heterocycles. The molecule has 4 atom stereocenters. The normalized spacial score (nSPS) is 21.2. The first kappa shape index (κ1) is 25.3. The van der Waals surface area contributed by atoms with Crippen molar-refractivity contribution in [2.75, 3.05) is 6.61 Å². The van der Waals surface area contributed by atoms with Gasteiger partial charge in [-0.3, -0.25) is 14.9 Å². The minimum absolute atomic E-state index is 0.0259. The van der Waals surface area contributed by atoms with E-state index in [1.807, 2.05) is 60.7 Å². The molecular weight excluding hydrogens is 434 g/mol. The molecule has 1 unspecified atom stereocenters. The molecule has 2 amide bonds. The van der Waals surface area contributed by atoms with Gasteiger partial charge >= 0.3 is 0 Å². The summed E-state index contributed by atoms with van der Waals surface area (Å²) in [5.74, 6) is -0.344. The van der Waals surface area contributed by atoms with Crippen LogP contribution in [0.1, 0.15) is 38.3 Å². The molecule has 1 aliphatic heterocycles. The molecule has 33 heavy (non-hydrogen) atoms. The van der Waals surface area contributed by atoms with Crippen LogP contribution in [0.5, 0.6) is 0 Å². The lowest BCUT2D eigenvalue weighted by molar-refractivity contribution is -0.129. The third-order valence-electron chi connectivity index (χ3n) is 6.17. The van der Waals surface area contributed by atoms with E-state index in [9.17, 15) is 14.7 Å². The fourth-order valence-electron chi connectivity index (χ4n) is 4.33. The Kier molecular flexibility index (Phi) is 8.95. The number of rotatable bonds is 10. The maximum atomic E-state index is 13.3. The van der Waals surface area contributed by atoms with Gasteiger partial charge in [0.2, 0.25) is 11.8 Å². The van der Waals surface area contributed by atoms with Gasteiger partial charge in [-0.1, -0.05) is 67.6 Å². The van der Waals surface area contributed by atoms with Gasteiger partial charge in [0.05, 0.1) is 11.8 Å². The van der Waals surface area contributed by atoms with Crippen LogP contribution in [0.4, 0.5) is 0 Å². The summed E-state index contributed by atoms with van der Waals surface area (Å²) in [6.07, 6.45) is 1.04. The number of aliphatic hydroxyl groups excluding tert-OH is 1. The van der Waals surface area contributed by atoms with Crippen LogP contribution in [0.15, 0.2) is 60.7 Å². The predicted octanol–water partition coefficient (Wildman–Crippen LogP) is 2.86. The van der Waals surface area contributed by atoms with E-state index in [1.54, 1.807) is 11.8 Å². The van der Waals surface area contributed by atoms with E-state index in [2.05, 4.69) is 36.7 Å². The molecule has 0 radical (unpaired) electrons. The minimum atomic E-state index is -0.740. The highest BCUT2D eigenvalue weighted by molar-refractivity contribution is 8.01. The molecule has 0 saturated carbocycles. The second-order valence-electron chi connectivity index (χ2n) is 9.05. The van der Waals surface area contributed by atoms with Gasteiger partial charge in [-0.25, -0.2) is 0 Å². The number of aliphatic hydroxyl groups is 1. The summed E-state index contributed by atoms with van der Waals surface area (Å²) in [7, 11) is 0. The third-order valence-corrected chi connectivity index (χ3v) is 7.70. The zero-order chi connectivity index (χ0) is 23.8. The van der Waals surface area contributed by atoms with Crippen LogP contribution >= 0.6 is 11.8 Å². The summed E-state index contributed by atoms with van der Waals surface area (Å²) in [5.41, 5.74) is 1.90. The first-order chi connectivity index (χ1) is 15.8. The molecular formula is C26H35N3O3S. The Hall–Kier alpha value is -2.35. The summed E-state index contributed by atoms with van der Waals surface area (Å²) in [6, 6.07) is 18.5. The van der Waals surface area contributed by atoms with Crippen LogP contribution in [0, 0.1) is 5.92 Å². The van der Waals surface area contributed by atoms with E-state index in [0.717, 1.165) is 17.5 Å².